The number of hydrogen-bond donors (Lipinski definition) is 0. The monoisotopic (exact) mass is 692 g/mol. The molecule has 2 saturated heterocycles. The Bertz CT molecular complexity index is 2060. The molecular formula is C39H48N8O4. The molecule has 268 valence electrons. The average molecular weight is 693 g/mol. The van der Waals surface area contributed by atoms with Gasteiger partial charge in [0.25, 0.3) is 11.5 Å². The Morgan fingerprint density at radius 3 is 2.59 bits per heavy atom. The minimum Gasteiger partial charge on any atom is -0.380 e. The molecule has 51 heavy (non-hydrogen) atoms. The van der Waals surface area contributed by atoms with Crippen LogP contribution in [0.5, 0.6) is 0 Å². The third-order valence-corrected chi connectivity index (χ3v) is 11.3. The van der Waals surface area contributed by atoms with Gasteiger partial charge < -0.3 is 28.6 Å². The number of hydrogen-bond acceptors (Lipinski definition) is 9. The molecule has 7 heterocycles. The second-order valence-corrected chi connectivity index (χ2v) is 15.5. The smallest absolute Gasteiger partial charge is 0.280 e. The van der Waals surface area contributed by atoms with E-state index in [1.165, 1.54) is 11.3 Å². The highest BCUT2D eigenvalue weighted by Crippen LogP contribution is 2.38. The number of rotatable bonds is 8. The van der Waals surface area contributed by atoms with Crippen LogP contribution < -0.4 is 15.4 Å². The van der Waals surface area contributed by atoms with Crippen molar-refractivity contribution in [3.05, 3.63) is 93.6 Å². The third-order valence-electron chi connectivity index (χ3n) is 11.3. The van der Waals surface area contributed by atoms with Gasteiger partial charge in [-0.1, -0.05) is 13.8 Å². The molecule has 0 bridgehead atoms. The zero-order chi connectivity index (χ0) is 35.6. The summed E-state index contributed by atoms with van der Waals surface area (Å²) in [6.07, 6.45) is 11.4. The maximum Gasteiger partial charge on any atom is 0.280 e. The number of likely N-dealkylation sites (N-methyl/N-ethyl adjacent to an activating group) is 2. The topological polar surface area (TPSA) is 101 Å². The maximum atomic E-state index is 14.0. The van der Waals surface area contributed by atoms with Crippen LogP contribution in [-0.4, -0.2) is 107 Å². The lowest BCUT2D eigenvalue weighted by atomic mass is 9.90. The molecule has 4 aromatic rings. The highest BCUT2D eigenvalue weighted by atomic mass is 16.5. The molecule has 0 spiro atoms. The van der Waals surface area contributed by atoms with E-state index in [1.807, 2.05) is 66.3 Å². The summed E-state index contributed by atoms with van der Waals surface area (Å²) in [4.78, 5) is 45.8. The molecular weight excluding hydrogens is 644 g/mol. The minimum atomic E-state index is -0.159. The molecule has 0 N–H and O–H groups in total. The Labute approximate surface area is 298 Å². The van der Waals surface area contributed by atoms with E-state index in [-0.39, 0.29) is 29.4 Å². The third kappa shape index (κ3) is 5.92. The molecule has 1 amide bonds. The first kappa shape index (κ1) is 33.6. The number of aromatic nitrogens is 4. The van der Waals surface area contributed by atoms with Crippen LogP contribution in [0.3, 0.4) is 0 Å². The van der Waals surface area contributed by atoms with Gasteiger partial charge in [-0.05, 0) is 66.6 Å². The Hall–Kier alpha value is -4.52. The Balaban J connectivity index is 1.08. The van der Waals surface area contributed by atoms with Gasteiger partial charge in [-0.25, -0.2) is 9.97 Å². The summed E-state index contributed by atoms with van der Waals surface area (Å²) in [7, 11) is 5.37. The van der Waals surface area contributed by atoms with Crippen LogP contribution in [0.1, 0.15) is 49.1 Å². The van der Waals surface area contributed by atoms with Crippen molar-refractivity contribution in [2.45, 2.75) is 58.2 Å². The van der Waals surface area contributed by atoms with Crippen molar-refractivity contribution in [1.29, 1.82) is 0 Å². The highest BCUT2D eigenvalue weighted by molar-refractivity contribution is 5.97. The minimum absolute atomic E-state index is 0.0713. The maximum absolute atomic E-state index is 14.0. The molecule has 3 aliphatic heterocycles. The SMILES string of the molecule is COCc1c(C2C=C(N(C)c3ccc(N4CCN(C5COC5)C[C@@H]4C)cn3)C(=O)N(C)C2)ccnc1-n1ccn2c3c(cc2c1=O)CC(C)(C)C3. The number of fused-ring (bicyclic) bond motifs is 3. The molecule has 1 unspecified atom stereocenters. The number of anilines is 2. The largest absolute Gasteiger partial charge is 0.380 e. The molecule has 8 rings (SSSR count). The predicted molar refractivity (Wildman–Crippen MR) is 197 cm³/mol. The first-order chi connectivity index (χ1) is 24.5. The lowest BCUT2D eigenvalue weighted by molar-refractivity contribution is -0.126. The number of amides is 1. The molecule has 1 aliphatic carbocycles. The summed E-state index contributed by atoms with van der Waals surface area (Å²) in [5, 5.41) is 0. The van der Waals surface area contributed by atoms with Crippen LogP contribution >= 0.6 is 0 Å². The van der Waals surface area contributed by atoms with Gasteiger partial charge in [0, 0.05) is 89.2 Å². The van der Waals surface area contributed by atoms with Crippen molar-refractivity contribution in [2.24, 2.45) is 5.41 Å². The lowest BCUT2D eigenvalue weighted by Crippen LogP contribution is -2.59. The van der Waals surface area contributed by atoms with Gasteiger partial charge in [0.05, 0.1) is 37.7 Å². The van der Waals surface area contributed by atoms with E-state index in [2.05, 4.69) is 36.6 Å². The standard InChI is InChI=1S/C39H48N8O4/c1-25-20-44(29-22-51-23-29)11-12-45(25)28-7-8-35(41-19-28)43(5)32-16-27(21-42(4)37(32)48)30-9-10-40-36(31(30)24-50-6)47-14-13-46-33(38(47)49)15-26-17-39(2,3)18-34(26)46/h7-10,13-16,19,25,27,29H,11-12,17-18,20-24H2,1-6H3/t25-,27?/m0/s1. The first-order valence-corrected chi connectivity index (χ1v) is 18.0. The molecule has 2 fully saturated rings. The molecule has 0 saturated carbocycles. The van der Waals surface area contributed by atoms with Gasteiger partial charge in [-0.15, -0.1) is 0 Å². The summed E-state index contributed by atoms with van der Waals surface area (Å²) in [5.41, 5.74) is 6.59. The van der Waals surface area contributed by atoms with Crippen LogP contribution in [0.4, 0.5) is 11.5 Å². The predicted octanol–water partition coefficient (Wildman–Crippen LogP) is 3.64. The molecule has 12 nitrogen and oxygen atoms in total. The van der Waals surface area contributed by atoms with E-state index in [0.717, 1.165) is 62.5 Å². The molecule has 2 atom stereocenters. The van der Waals surface area contributed by atoms with Crippen LogP contribution in [0.15, 0.2) is 65.6 Å². The second kappa shape index (κ2) is 12.9. The molecule has 0 aromatic carbocycles. The lowest BCUT2D eigenvalue weighted by Gasteiger charge is -2.46. The van der Waals surface area contributed by atoms with Crippen LogP contribution in [0.2, 0.25) is 0 Å². The second-order valence-electron chi connectivity index (χ2n) is 15.5. The van der Waals surface area contributed by atoms with Gasteiger partial charge in [-0.3, -0.25) is 19.1 Å². The Morgan fingerprint density at radius 1 is 1.06 bits per heavy atom. The van der Waals surface area contributed by atoms with E-state index in [0.29, 0.717) is 41.5 Å². The first-order valence-electron chi connectivity index (χ1n) is 18.0. The van der Waals surface area contributed by atoms with Gasteiger partial charge in [-0.2, -0.15) is 0 Å². The van der Waals surface area contributed by atoms with Crippen molar-refractivity contribution in [3.63, 3.8) is 0 Å². The van der Waals surface area contributed by atoms with Gasteiger partial charge >= 0.3 is 0 Å². The van der Waals surface area contributed by atoms with Gasteiger partial charge in [0.2, 0.25) is 0 Å². The number of ether oxygens (including phenoxy) is 2. The zero-order valence-electron chi connectivity index (χ0n) is 30.5. The summed E-state index contributed by atoms with van der Waals surface area (Å²) < 4.78 is 14.8. The van der Waals surface area contributed by atoms with Gasteiger partial charge in [0.15, 0.2) is 0 Å². The van der Waals surface area contributed by atoms with Crippen molar-refractivity contribution in [2.75, 3.05) is 70.4 Å². The summed E-state index contributed by atoms with van der Waals surface area (Å²) in [5.74, 6) is 1.01. The van der Waals surface area contributed by atoms with Crippen molar-refractivity contribution < 1.29 is 14.3 Å². The van der Waals surface area contributed by atoms with Crippen LogP contribution in [0.25, 0.3) is 11.3 Å². The van der Waals surface area contributed by atoms with Crippen molar-refractivity contribution in [3.8, 4) is 5.82 Å². The fourth-order valence-electron chi connectivity index (χ4n) is 8.51. The number of methoxy groups -OCH3 is 1. The number of nitrogens with zero attached hydrogens (tertiary/aromatic N) is 8. The highest BCUT2D eigenvalue weighted by Gasteiger charge is 2.35. The number of carbonyl (C=O) groups is 1. The summed E-state index contributed by atoms with van der Waals surface area (Å²) in [6, 6.07) is 9.03. The Kier molecular flexibility index (Phi) is 8.51. The fraction of sp³-hybridized carbons (Fsp3) is 0.487. The Morgan fingerprint density at radius 2 is 1.88 bits per heavy atom. The van der Waals surface area contributed by atoms with E-state index < -0.39 is 0 Å². The quantitative estimate of drug-likeness (QED) is 0.274. The molecule has 0 radical (unpaired) electrons. The molecule has 4 aliphatic rings. The fourth-order valence-corrected chi connectivity index (χ4v) is 8.51. The summed E-state index contributed by atoms with van der Waals surface area (Å²) in [6.45, 7) is 12.2. The van der Waals surface area contributed by atoms with E-state index in [4.69, 9.17) is 19.4 Å². The molecule has 12 heteroatoms. The normalized spacial score (nSPS) is 22.3. The van der Waals surface area contributed by atoms with Crippen LogP contribution in [0, 0.1) is 5.41 Å². The van der Waals surface area contributed by atoms with E-state index in [1.54, 1.807) is 22.8 Å². The number of pyridine rings is 2. The summed E-state index contributed by atoms with van der Waals surface area (Å²) >= 11 is 0. The number of carbonyl (C=O) groups excluding carboxylic acids is 1. The van der Waals surface area contributed by atoms with Gasteiger partial charge in [0.1, 0.15) is 22.8 Å². The number of piperazine rings is 1. The zero-order valence-corrected chi connectivity index (χ0v) is 30.5. The van der Waals surface area contributed by atoms with E-state index >= 15 is 0 Å². The average Bonchev–Trinajstić information content (AvgIpc) is 3.58. The van der Waals surface area contributed by atoms with Crippen LogP contribution in [-0.2, 0) is 33.7 Å². The van der Waals surface area contributed by atoms with Crippen molar-refractivity contribution in [1.82, 2.24) is 28.7 Å². The van der Waals surface area contributed by atoms with E-state index in [9.17, 15) is 9.59 Å². The molecule has 4 aromatic heterocycles. The van der Waals surface area contributed by atoms with Crippen molar-refractivity contribution >= 4 is 22.9 Å².